The van der Waals surface area contributed by atoms with E-state index in [1.54, 1.807) is 0 Å². The van der Waals surface area contributed by atoms with Crippen LogP contribution in [-0.2, 0) is 10.7 Å². The van der Waals surface area contributed by atoms with E-state index >= 15 is 0 Å². The van der Waals surface area contributed by atoms with Gasteiger partial charge in [0.25, 0.3) is 0 Å². The molecular formula is C8H17N4OP. The van der Waals surface area contributed by atoms with Gasteiger partial charge >= 0.3 is 0 Å². The van der Waals surface area contributed by atoms with E-state index in [-0.39, 0.29) is 0 Å². The van der Waals surface area contributed by atoms with Gasteiger partial charge in [-0.1, -0.05) is 19.1 Å². The Labute approximate surface area is 84.0 Å². The van der Waals surface area contributed by atoms with Gasteiger partial charge in [0, 0.05) is 12.3 Å². The zero-order valence-electron chi connectivity index (χ0n) is 8.73. The Hall–Kier alpha value is -0.700. The molecule has 0 bridgehead atoms. The highest BCUT2D eigenvalue weighted by molar-refractivity contribution is 7.63. The molecule has 0 aliphatic rings. The minimum absolute atomic E-state index is 0.491. The van der Waals surface area contributed by atoms with E-state index in [0.29, 0.717) is 12.0 Å². The molecule has 80 valence electrons. The van der Waals surface area contributed by atoms with Gasteiger partial charge in [-0.3, -0.25) is 0 Å². The summed E-state index contributed by atoms with van der Waals surface area (Å²) in [5, 5.41) is 13.5. The van der Waals surface area contributed by atoms with Gasteiger partial charge < -0.3 is 4.57 Å². The van der Waals surface area contributed by atoms with Crippen LogP contribution < -0.4 is 0 Å². The molecule has 1 aromatic rings. The SMILES string of the molecule is CCCP(=O)(CCC)Cc1nn[nH]n1. The van der Waals surface area contributed by atoms with E-state index in [0.717, 1.165) is 25.2 Å². The molecule has 0 saturated carbocycles. The molecule has 0 amide bonds. The summed E-state index contributed by atoms with van der Waals surface area (Å²) in [5.74, 6) is 0.579. The number of tetrazole rings is 1. The maximum Gasteiger partial charge on any atom is 0.181 e. The first-order valence-electron chi connectivity index (χ1n) is 4.99. The Morgan fingerprint density at radius 1 is 1.29 bits per heavy atom. The average molecular weight is 216 g/mol. The fourth-order valence-electron chi connectivity index (χ4n) is 1.59. The predicted octanol–water partition coefficient (Wildman–Crippen LogP) is 1.88. The first-order valence-corrected chi connectivity index (χ1v) is 7.26. The second kappa shape index (κ2) is 5.25. The molecule has 0 fully saturated rings. The van der Waals surface area contributed by atoms with E-state index in [2.05, 4.69) is 34.5 Å². The lowest BCUT2D eigenvalue weighted by Crippen LogP contribution is -1.99. The zero-order chi connectivity index (χ0) is 10.4. The van der Waals surface area contributed by atoms with E-state index in [1.165, 1.54) is 0 Å². The third-order valence-electron chi connectivity index (χ3n) is 2.08. The largest absolute Gasteiger partial charge is 0.323 e. The van der Waals surface area contributed by atoms with Crippen molar-refractivity contribution in [1.29, 1.82) is 0 Å². The molecule has 5 nitrogen and oxygen atoms in total. The smallest absolute Gasteiger partial charge is 0.181 e. The van der Waals surface area contributed by atoms with Crippen molar-refractivity contribution < 1.29 is 4.57 Å². The number of nitrogens with one attached hydrogen (secondary N) is 1. The average Bonchev–Trinajstić information content (AvgIpc) is 2.57. The Kier molecular flexibility index (Phi) is 4.26. The van der Waals surface area contributed by atoms with Crippen molar-refractivity contribution in [2.45, 2.75) is 32.9 Å². The van der Waals surface area contributed by atoms with E-state index in [9.17, 15) is 4.57 Å². The van der Waals surface area contributed by atoms with Gasteiger partial charge in [-0.15, -0.1) is 10.2 Å². The molecule has 14 heavy (non-hydrogen) atoms. The molecule has 1 rings (SSSR count). The molecule has 1 heterocycles. The van der Waals surface area contributed by atoms with Crippen molar-refractivity contribution in [3.05, 3.63) is 5.82 Å². The topological polar surface area (TPSA) is 71.5 Å². The number of aromatic amines is 1. The normalized spacial score (nSPS) is 11.9. The summed E-state index contributed by atoms with van der Waals surface area (Å²) < 4.78 is 12.4. The van der Waals surface area contributed by atoms with Gasteiger partial charge in [-0.05, 0) is 12.8 Å². The predicted molar refractivity (Wildman–Crippen MR) is 55.8 cm³/mol. The van der Waals surface area contributed by atoms with Crippen LogP contribution in [0.4, 0.5) is 0 Å². The van der Waals surface area contributed by atoms with Crippen molar-refractivity contribution >= 4 is 7.14 Å². The summed E-state index contributed by atoms with van der Waals surface area (Å²) in [6, 6.07) is 0. The van der Waals surface area contributed by atoms with Crippen LogP contribution in [0.1, 0.15) is 32.5 Å². The zero-order valence-corrected chi connectivity index (χ0v) is 9.63. The molecule has 0 aromatic carbocycles. The minimum Gasteiger partial charge on any atom is -0.323 e. The monoisotopic (exact) mass is 216 g/mol. The summed E-state index contributed by atoms with van der Waals surface area (Å²) in [6.45, 7) is 4.11. The van der Waals surface area contributed by atoms with Crippen molar-refractivity contribution in [3.8, 4) is 0 Å². The lowest BCUT2D eigenvalue weighted by atomic mass is 10.6. The molecule has 0 saturated heterocycles. The number of nitrogens with zero attached hydrogens (tertiary/aromatic N) is 3. The molecule has 0 unspecified atom stereocenters. The van der Waals surface area contributed by atoms with Gasteiger partial charge in [-0.2, -0.15) is 5.21 Å². The fraction of sp³-hybridized carbons (Fsp3) is 0.875. The second-order valence-electron chi connectivity index (χ2n) is 3.49. The maximum absolute atomic E-state index is 12.4. The van der Waals surface area contributed by atoms with Crippen LogP contribution in [0.5, 0.6) is 0 Å². The standard InChI is InChI=1S/C8H17N4OP/c1-3-5-14(13,6-4-2)7-8-9-11-12-10-8/h3-7H2,1-2H3,(H,9,10,11,12). The van der Waals surface area contributed by atoms with Gasteiger partial charge in [0.1, 0.15) is 0 Å². The Bertz CT molecular complexity index is 288. The van der Waals surface area contributed by atoms with Crippen LogP contribution in [0.3, 0.4) is 0 Å². The van der Waals surface area contributed by atoms with Crippen LogP contribution >= 0.6 is 7.14 Å². The summed E-state index contributed by atoms with van der Waals surface area (Å²) in [6.07, 6.45) is 3.97. The van der Waals surface area contributed by atoms with Crippen LogP contribution in [0, 0.1) is 0 Å². The van der Waals surface area contributed by atoms with Gasteiger partial charge in [-0.25, -0.2) is 0 Å². The molecule has 6 heteroatoms. The first-order chi connectivity index (χ1) is 6.70. The van der Waals surface area contributed by atoms with Crippen LogP contribution in [0.2, 0.25) is 0 Å². The molecule has 0 aliphatic heterocycles. The summed E-state index contributed by atoms with van der Waals surface area (Å²) >= 11 is 0. The second-order valence-corrected chi connectivity index (χ2v) is 6.82. The Balaban J connectivity index is 2.64. The maximum atomic E-state index is 12.4. The van der Waals surface area contributed by atoms with Crippen molar-refractivity contribution in [1.82, 2.24) is 20.6 Å². The van der Waals surface area contributed by atoms with Crippen molar-refractivity contribution in [3.63, 3.8) is 0 Å². The summed E-state index contributed by atoms with van der Waals surface area (Å²) in [4.78, 5) is 0. The quantitative estimate of drug-likeness (QED) is 0.737. The fourth-order valence-corrected chi connectivity index (χ4v) is 4.41. The molecule has 0 spiro atoms. The minimum atomic E-state index is -2.09. The number of rotatable bonds is 6. The first kappa shape index (κ1) is 11.4. The molecule has 0 aliphatic carbocycles. The number of aromatic nitrogens is 4. The van der Waals surface area contributed by atoms with Gasteiger partial charge in [0.05, 0.1) is 13.3 Å². The van der Waals surface area contributed by atoms with E-state index in [1.807, 2.05) is 0 Å². The van der Waals surface area contributed by atoms with Gasteiger partial charge in [0.15, 0.2) is 5.82 Å². The Morgan fingerprint density at radius 2 is 1.93 bits per heavy atom. The van der Waals surface area contributed by atoms with Gasteiger partial charge in [0.2, 0.25) is 0 Å². The lowest BCUT2D eigenvalue weighted by Gasteiger charge is -2.14. The number of hydrogen-bond donors (Lipinski definition) is 1. The molecule has 1 aromatic heterocycles. The van der Waals surface area contributed by atoms with Crippen LogP contribution in [0.15, 0.2) is 0 Å². The van der Waals surface area contributed by atoms with E-state index < -0.39 is 7.14 Å². The number of H-pyrrole nitrogens is 1. The molecule has 1 N–H and O–H groups in total. The highest BCUT2D eigenvalue weighted by Gasteiger charge is 2.22. The third-order valence-corrected chi connectivity index (χ3v) is 5.46. The van der Waals surface area contributed by atoms with Crippen molar-refractivity contribution in [2.24, 2.45) is 0 Å². The molecule has 0 atom stereocenters. The number of hydrogen-bond acceptors (Lipinski definition) is 4. The van der Waals surface area contributed by atoms with Crippen molar-refractivity contribution in [2.75, 3.05) is 12.3 Å². The Morgan fingerprint density at radius 3 is 2.36 bits per heavy atom. The highest BCUT2D eigenvalue weighted by Crippen LogP contribution is 2.49. The third kappa shape index (κ3) is 3.22. The molecule has 0 radical (unpaired) electrons. The lowest BCUT2D eigenvalue weighted by molar-refractivity contribution is 0.570. The summed E-state index contributed by atoms with van der Waals surface area (Å²) in [7, 11) is -2.09. The van der Waals surface area contributed by atoms with E-state index in [4.69, 9.17) is 0 Å². The highest BCUT2D eigenvalue weighted by atomic mass is 31.2. The summed E-state index contributed by atoms with van der Waals surface area (Å²) in [5.41, 5.74) is 0. The molecular weight excluding hydrogens is 199 g/mol. The van der Waals surface area contributed by atoms with Crippen LogP contribution in [0.25, 0.3) is 0 Å². The van der Waals surface area contributed by atoms with Crippen LogP contribution in [-0.4, -0.2) is 32.9 Å².